The molecule has 5 nitrogen and oxygen atoms in total. The minimum atomic E-state index is -0.253. The van der Waals surface area contributed by atoms with Gasteiger partial charge in [0.05, 0.1) is 12.9 Å². The van der Waals surface area contributed by atoms with Gasteiger partial charge >= 0.3 is 0 Å². The molecule has 2 heterocycles. The Balaban J connectivity index is 1.62. The summed E-state index contributed by atoms with van der Waals surface area (Å²) in [6.07, 6.45) is 2.91. The number of fused-ring (bicyclic) bond motifs is 1. The van der Waals surface area contributed by atoms with Gasteiger partial charge in [0.15, 0.2) is 17.3 Å². The predicted molar refractivity (Wildman–Crippen MR) is 108 cm³/mol. The highest BCUT2D eigenvalue weighted by atomic mass is 35.5. The lowest BCUT2D eigenvalue weighted by Gasteiger charge is -2.13. The van der Waals surface area contributed by atoms with Crippen molar-refractivity contribution in [2.24, 2.45) is 0 Å². The van der Waals surface area contributed by atoms with E-state index in [0.29, 0.717) is 52.6 Å². The van der Waals surface area contributed by atoms with E-state index in [-0.39, 0.29) is 5.82 Å². The smallest absolute Gasteiger partial charge is 0.166 e. The maximum atomic E-state index is 13.0. The third-order valence-electron chi connectivity index (χ3n) is 4.48. The van der Waals surface area contributed by atoms with Gasteiger partial charge in [-0.05, 0) is 36.2 Å². The van der Waals surface area contributed by atoms with Crippen LogP contribution in [0.2, 0.25) is 10.0 Å². The quantitative estimate of drug-likeness (QED) is 0.515. The fourth-order valence-corrected chi connectivity index (χ4v) is 3.50. The predicted octanol–water partition coefficient (Wildman–Crippen LogP) is 4.64. The average Bonchev–Trinajstić information content (AvgIpc) is 3.11. The third kappa shape index (κ3) is 3.79. The summed E-state index contributed by atoms with van der Waals surface area (Å²) in [5, 5.41) is 1.14. The van der Waals surface area contributed by atoms with Gasteiger partial charge in [-0.1, -0.05) is 41.4 Å². The molecule has 4 rings (SSSR count). The molecule has 2 aliphatic rings. The molecule has 0 fully saturated rings. The van der Waals surface area contributed by atoms with Crippen molar-refractivity contribution in [2.45, 2.75) is 19.4 Å². The number of hydrogen-bond acceptors (Lipinski definition) is 4. The van der Waals surface area contributed by atoms with E-state index >= 15 is 0 Å². The van der Waals surface area contributed by atoms with Gasteiger partial charge in [0.25, 0.3) is 0 Å². The molecule has 0 atom stereocenters. The molecule has 2 N–H and O–H groups in total. The van der Waals surface area contributed by atoms with E-state index in [1.807, 2.05) is 4.57 Å². The lowest BCUT2D eigenvalue weighted by atomic mass is 10.1. The van der Waals surface area contributed by atoms with E-state index in [2.05, 4.69) is 15.0 Å². The van der Waals surface area contributed by atoms with E-state index in [9.17, 15) is 4.39 Å². The van der Waals surface area contributed by atoms with Gasteiger partial charge in [-0.15, -0.1) is 0 Å². The largest absolute Gasteiger partial charge is 0.382 e. The molecular formula is C20H16Cl2FN5. The minimum absolute atomic E-state index is 0.253. The summed E-state index contributed by atoms with van der Waals surface area (Å²) in [5.41, 5.74) is 8.32. The molecule has 0 unspecified atom stereocenters. The number of imidazole rings is 1. The topological polar surface area (TPSA) is 69.6 Å². The van der Waals surface area contributed by atoms with Crippen molar-refractivity contribution < 1.29 is 4.39 Å². The number of aromatic nitrogens is 4. The van der Waals surface area contributed by atoms with E-state index in [1.54, 1.807) is 36.7 Å². The highest BCUT2D eigenvalue weighted by Crippen LogP contribution is 2.29. The monoisotopic (exact) mass is 415 g/mol. The first-order valence-electron chi connectivity index (χ1n) is 8.66. The number of hydrogen-bond donors (Lipinski definition) is 1. The van der Waals surface area contributed by atoms with E-state index in [4.69, 9.17) is 28.9 Å². The van der Waals surface area contributed by atoms with Crippen molar-refractivity contribution >= 4 is 29.0 Å². The van der Waals surface area contributed by atoms with Crippen LogP contribution in [0.3, 0.4) is 0 Å². The number of anilines is 1. The van der Waals surface area contributed by atoms with Crippen LogP contribution in [0, 0.1) is 5.82 Å². The van der Waals surface area contributed by atoms with Gasteiger partial charge in [0.1, 0.15) is 11.6 Å². The Morgan fingerprint density at radius 1 is 0.964 bits per heavy atom. The normalized spacial score (nSPS) is 11.2. The average molecular weight is 416 g/mol. The van der Waals surface area contributed by atoms with Gasteiger partial charge in [-0.2, -0.15) is 0 Å². The summed E-state index contributed by atoms with van der Waals surface area (Å²) in [7, 11) is 0. The SMILES string of the molecule is Nc1ncn(Cc2c(Cl)cccc2Cl)c2nc(CCc3ccc(F)cc3)nc1-2. The van der Waals surface area contributed by atoms with Crippen LogP contribution in [0.5, 0.6) is 0 Å². The van der Waals surface area contributed by atoms with Gasteiger partial charge in [0, 0.05) is 22.0 Å². The Hall–Kier alpha value is -2.70. The van der Waals surface area contributed by atoms with Crippen LogP contribution in [0.1, 0.15) is 17.0 Å². The van der Waals surface area contributed by atoms with Crippen LogP contribution >= 0.6 is 23.2 Å². The number of rotatable bonds is 5. The summed E-state index contributed by atoms with van der Waals surface area (Å²) in [6, 6.07) is 11.8. The second kappa shape index (κ2) is 7.73. The molecule has 142 valence electrons. The lowest BCUT2D eigenvalue weighted by molar-refractivity contribution is 0.627. The van der Waals surface area contributed by atoms with E-state index < -0.39 is 0 Å². The van der Waals surface area contributed by atoms with Crippen LogP contribution < -0.4 is 5.73 Å². The summed E-state index contributed by atoms with van der Waals surface area (Å²) in [6.45, 7) is 0.401. The molecule has 0 saturated heterocycles. The number of nitrogens with zero attached hydrogens (tertiary/aromatic N) is 4. The Morgan fingerprint density at radius 2 is 1.68 bits per heavy atom. The van der Waals surface area contributed by atoms with Crippen molar-refractivity contribution in [1.82, 2.24) is 19.5 Å². The molecule has 0 saturated carbocycles. The minimum Gasteiger partial charge on any atom is -0.382 e. The molecule has 0 aromatic heterocycles. The molecule has 0 amide bonds. The zero-order valence-corrected chi connectivity index (χ0v) is 16.3. The standard InChI is InChI=1S/C20H16Cl2FN5/c21-15-2-1-3-16(22)14(15)10-28-11-25-19(24)18-20(28)27-17(26-18)9-6-12-4-7-13(23)8-5-12/h1-5,7-8,11H,6,9-10,24H2. The molecule has 2 aliphatic heterocycles. The number of halogens is 3. The first kappa shape index (κ1) is 18.7. The molecule has 0 radical (unpaired) electrons. The molecule has 2 aromatic carbocycles. The first-order chi connectivity index (χ1) is 13.5. The Kier molecular flexibility index (Phi) is 5.15. The van der Waals surface area contributed by atoms with Crippen LogP contribution in [-0.4, -0.2) is 19.5 Å². The highest BCUT2D eigenvalue weighted by Gasteiger charge is 2.20. The van der Waals surface area contributed by atoms with Crippen molar-refractivity contribution in [3.8, 4) is 11.5 Å². The fourth-order valence-electron chi connectivity index (χ4n) is 2.99. The van der Waals surface area contributed by atoms with Crippen LogP contribution in [0.15, 0.2) is 48.8 Å². The number of nitrogens with two attached hydrogens (primary N) is 1. The Labute approximate surface area is 171 Å². The van der Waals surface area contributed by atoms with Crippen LogP contribution in [-0.2, 0) is 19.4 Å². The number of nitrogen functional groups attached to an aromatic ring is 1. The van der Waals surface area contributed by atoms with Gasteiger partial charge in [0.2, 0.25) is 0 Å². The van der Waals surface area contributed by atoms with Crippen LogP contribution in [0.4, 0.5) is 10.2 Å². The van der Waals surface area contributed by atoms with E-state index in [1.165, 1.54) is 12.1 Å². The fraction of sp³-hybridized carbons (Fsp3) is 0.150. The van der Waals surface area contributed by atoms with Gasteiger partial charge < -0.3 is 10.3 Å². The van der Waals surface area contributed by atoms with Crippen molar-refractivity contribution in [2.75, 3.05) is 5.73 Å². The molecular weight excluding hydrogens is 400 g/mol. The second-order valence-electron chi connectivity index (χ2n) is 6.40. The molecule has 0 aliphatic carbocycles. The Morgan fingerprint density at radius 3 is 2.39 bits per heavy atom. The zero-order chi connectivity index (χ0) is 19.7. The number of aryl methyl sites for hydroxylation is 2. The molecule has 8 heteroatoms. The summed E-state index contributed by atoms with van der Waals surface area (Å²) < 4.78 is 14.9. The molecule has 28 heavy (non-hydrogen) atoms. The summed E-state index contributed by atoms with van der Waals surface area (Å²) in [5.74, 6) is 1.34. The van der Waals surface area contributed by atoms with Crippen molar-refractivity contribution in [1.29, 1.82) is 0 Å². The molecule has 0 spiro atoms. The van der Waals surface area contributed by atoms with Crippen molar-refractivity contribution in [3.05, 3.63) is 81.6 Å². The molecule has 0 bridgehead atoms. The first-order valence-corrected chi connectivity index (χ1v) is 9.41. The third-order valence-corrected chi connectivity index (χ3v) is 5.19. The summed E-state index contributed by atoms with van der Waals surface area (Å²) in [4.78, 5) is 13.4. The van der Waals surface area contributed by atoms with Crippen molar-refractivity contribution in [3.63, 3.8) is 0 Å². The summed E-state index contributed by atoms with van der Waals surface area (Å²) >= 11 is 12.6. The maximum absolute atomic E-state index is 13.0. The lowest BCUT2D eigenvalue weighted by Crippen LogP contribution is -2.09. The zero-order valence-electron chi connectivity index (χ0n) is 14.7. The van der Waals surface area contributed by atoms with Gasteiger partial charge in [-0.3, -0.25) is 0 Å². The highest BCUT2D eigenvalue weighted by molar-refractivity contribution is 6.35. The van der Waals surface area contributed by atoms with E-state index in [0.717, 1.165) is 11.1 Å². The van der Waals surface area contributed by atoms with Gasteiger partial charge in [-0.25, -0.2) is 19.3 Å². The molecule has 2 aromatic rings. The number of benzene rings is 2. The Bertz CT molecular complexity index is 1070. The second-order valence-corrected chi connectivity index (χ2v) is 7.21. The maximum Gasteiger partial charge on any atom is 0.166 e. The van der Waals surface area contributed by atoms with Crippen LogP contribution in [0.25, 0.3) is 11.5 Å².